The number of benzene rings is 1. The van der Waals surface area contributed by atoms with Crippen molar-refractivity contribution in [1.82, 2.24) is 4.90 Å². The minimum absolute atomic E-state index is 0.132. The second kappa shape index (κ2) is 6.06. The zero-order valence-electron chi connectivity index (χ0n) is 12.8. The summed E-state index contributed by atoms with van der Waals surface area (Å²) in [5, 5.41) is 0. The number of likely N-dealkylation sites (tertiary alicyclic amines) is 1. The molecule has 0 saturated carbocycles. The standard InChI is InChI=1S/C17H28N2/c1-12-5-7-15(4)19(10-12)11-17(18)16-8-6-13(2)14(3)9-16/h6,8-9,12,15,17H,5,7,10-11,18H2,1-4H3. The second-order valence-corrected chi connectivity index (χ2v) is 6.44. The summed E-state index contributed by atoms with van der Waals surface area (Å²) < 4.78 is 0. The third kappa shape index (κ3) is 3.58. The van der Waals surface area contributed by atoms with Crippen molar-refractivity contribution in [1.29, 1.82) is 0 Å². The number of piperidine rings is 1. The Morgan fingerprint density at radius 1 is 1.21 bits per heavy atom. The molecule has 2 nitrogen and oxygen atoms in total. The third-order valence-electron chi connectivity index (χ3n) is 4.64. The molecule has 3 atom stereocenters. The van der Waals surface area contributed by atoms with E-state index in [1.165, 1.54) is 36.1 Å². The van der Waals surface area contributed by atoms with Crippen LogP contribution >= 0.6 is 0 Å². The highest BCUT2D eigenvalue weighted by atomic mass is 15.2. The summed E-state index contributed by atoms with van der Waals surface area (Å²) in [5.41, 5.74) is 10.4. The monoisotopic (exact) mass is 260 g/mol. The Balaban J connectivity index is 2.03. The molecular formula is C17H28N2. The van der Waals surface area contributed by atoms with Crippen LogP contribution in [-0.2, 0) is 0 Å². The van der Waals surface area contributed by atoms with E-state index in [4.69, 9.17) is 5.73 Å². The van der Waals surface area contributed by atoms with Crippen molar-refractivity contribution in [3.8, 4) is 0 Å². The molecule has 1 fully saturated rings. The van der Waals surface area contributed by atoms with Crippen LogP contribution in [0, 0.1) is 19.8 Å². The van der Waals surface area contributed by atoms with Gasteiger partial charge in [-0.05, 0) is 56.2 Å². The minimum Gasteiger partial charge on any atom is -0.323 e. The largest absolute Gasteiger partial charge is 0.323 e. The Hall–Kier alpha value is -0.860. The number of hydrogen-bond donors (Lipinski definition) is 1. The lowest BCUT2D eigenvalue weighted by Gasteiger charge is -2.38. The average Bonchev–Trinajstić information content (AvgIpc) is 2.37. The molecule has 1 aromatic carbocycles. The number of aryl methyl sites for hydroxylation is 2. The lowest BCUT2D eigenvalue weighted by atomic mass is 9.93. The first-order chi connectivity index (χ1) is 8.97. The van der Waals surface area contributed by atoms with E-state index in [2.05, 4.69) is 50.8 Å². The van der Waals surface area contributed by atoms with Crippen LogP contribution in [0.4, 0.5) is 0 Å². The summed E-state index contributed by atoms with van der Waals surface area (Å²) in [6.07, 6.45) is 2.66. The fourth-order valence-corrected chi connectivity index (χ4v) is 2.99. The molecule has 3 unspecified atom stereocenters. The Morgan fingerprint density at radius 3 is 2.63 bits per heavy atom. The normalized spacial score (nSPS) is 26.4. The molecule has 1 aliphatic rings. The van der Waals surface area contributed by atoms with Crippen molar-refractivity contribution < 1.29 is 0 Å². The maximum atomic E-state index is 6.41. The summed E-state index contributed by atoms with van der Waals surface area (Å²) in [7, 11) is 0. The van der Waals surface area contributed by atoms with Crippen molar-refractivity contribution in [3.63, 3.8) is 0 Å². The smallest absolute Gasteiger partial charge is 0.0424 e. The van der Waals surface area contributed by atoms with E-state index in [1.54, 1.807) is 0 Å². The van der Waals surface area contributed by atoms with Gasteiger partial charge in [0.15, 0.2) is 0 Å². The van der Waals surface area contributed by atoms with Crippen LogP contribution in [0.25, 0.3) is 0 Å². The van der Waals surface area contributed by atoms with E-state index < -0.39 is 0 Å². The molecule has 0 spiro atoms. The first kappa shape index (κ1) is 14.5. The Morgan fingerprint density at radius 2 is 1.95 bits per heavy atom. The van der Waals surface area contributed by atoms with Gasteiger partial charge in [-0.3, -0.25) is 4.90 Å². The van der Waals surface area contributed by atoms with Crippen LogP contribution < -0.4 is 5.73 Å². The molecule has 2 heteroatoms. The van der Waals surface area contributed by atoms with E-state index in [1.807, 2.05) is 0 Å². The quantitative estimate of drug-likeness (QED) is 0.902. The molecule has 19 heavy (non-hydrogen) atoms. The van der Waals surface area contributed by atoms with Gasteiger partial charge in [0, 0.05) is 25.2 Å². The highest BCUT2D eigenvalue weighted by molar-refractivity contribution is 5.31. The number of nitrogens with zero attached hydrogens (tertiary/aromatic N) is 1. The lowest BCUT2D eigenvalue weighted by Crippen LogP contribution is -2.44. The van der Waals surface area contributed by atoms with Gasteiger partial charge in [-0.15, -0.1) is 0 Å². The van der Waals surface area contributed by atoms with Crippen LogP contribution in [-0.4, -0.2) is 24.0 Å². The van der Waals surface area contributed by atoms with Gasteiger partial charge in [-0.25, -0.2) is 0 Å². The van der Waals surface area contributed by atoms with Gasteiger partial charge in [0.05, 0.1) is 0 Å². The van der Waals surface area contributed by atoms with E-state index in [0.29, 0.717) is 6.04 Å². The van der Waals surface area contributed by atoms with Gasteiger partial charge < -0.3 is 5.73 Å². The predicted octanol–water partition coefficient (Wildman–Crippen LogP) is 3.42. The van der Waals surface area contributed by atoms with Crippen molar-refractivity contribution in [2.75, 3.05) is 13.1 Å². The molecule has 2 rings (SSSR count). The van der Waals surface area contributed by atoms with Crippen LogP contribution in [0.1, 0.15) is 49.4 Å². The number of hydrogen-bond acceptors (Lipinski definition) is 2. The van der Waals surface area contributed by atoms with Crippen molar-refractivity contribution in [2.24, 2.45) is 11.7 Å². The molecule has 106 valence electrons. The molecular weight excluding hydrogens is 232 g/mol. The molecule has 0 amide bonds. The average molecular weight is 260 g/mol. The highest BCUT2D eigenvalue weighted by Crippen LogP contribution is 2.24. The van der Waals surface area contributed by atoms with E-state index in [9.17, 15) is 0 Å². The van der Waals surface area contributed by atoms with Gasteiger partial charge in [-0.1, -0.05) is 25.1 Å². The van der Waals surface area contributed by atoms with Gasteiger partial charge in [-0.2, -0.15) is 0 Å². The van der Waals surface area contributed by atoms with Gasteiger partial charge in [0.1, 0.15) is 0 Å². The fraction of sp³-hybridized carbons (Fsp3) is 0.647. The van der Waals surface area contributed by atoms with Crippen LogP contribution in [0.5, 0.6) is 0 Å². The zero-order valence-corrected chi connectivity index (χ0v) is 12.8. The number of nitrogens with two attached hydrogens (primary N) is 1. The van der Waals surface area contributed by atoms with Gasteiger partial charge in [0.2, 0.25) is 0 Å². The van der Waals surface area contributed by atoms with Crippen molar-refractivity contribution in [2.45, 2.75) is 52.6 Å². The van der Waals surface area contributed by atoms with Crippen molar-refractivity contribution in [3.05, 3.63) is 34.9 Å². The molecule has 1 aliphatic heterocycles. The minimum atomic E-state index is 0.132. The number of rotatable bonds is 3. The lowest BCUT2D eigenvalue weighted by molar-refractivity contribution is 0.117. The third-order valence-corrected chi connectivity index (χ3v) is 4.64. The Bertz CT molecular complexity index is 427. The summed E-state index contributed by atoms with van der Waals surface area (Å²) in [5.74, 6) is 0.808. The fourth-order valence-electron chi connectivity index (χ4n) is 2.99. The molecule has 0 radical (unpaired) electrons. The van der Waals surface area contributed by atoms with Gasteiger partial charge >= 0.3 is 0 Å². The maximum Gasteiger partial charge on any atom is 0.0424 e. The SMILES string of the molecule is Cc1ccc(C(N)CN2CC(C)CCC2C)cc1C. The summed E-state index contributed by atoms with van der Waals surface area (Å²) in [4.78, 5) is 2.56. The Labute approximate surface area is 118 Å². The summed E-state index contributed by atoms with van der Waals surface area (Å²) >= 11 is 0. The molecule has 1 saturated heterocycles. The van der Waals surface area contributed by atoms with Crippen LogP contribution in [0.15, 0.2) is 18.2 Å². The predicted molar refractivity (Wildman–Crippen MR) is 82.3 cm³/mol. The van der Waals surface area contributed by atoms with E-state index >= 15 is 0 Å². The molecule has 2 N–H and O–H groups in total. The summed E-state index contributed by atoms with van der Waals surface area (Å²) in [6, 6.07) is 7.43. The first-order valence-electron chi connectivity index (χ1n) is 7.54. The topological polar surface area (TPSA) is 29.3 Å². The van der Waals surface area contributed by atoms with E-state index in [0.717, 1.165) is 12.5 Å². The molecule has 1 heterocycles. The molecule has 0 aliphatic carbocycles. The van der Waals surface area contributed by atoms with Gasteiger partial charge in [0.25, 0.3) is 0 Å². The first-order valence-corrected chi connectivity index (χ1v) is 7.54. The van der Waals surface area contributed by atoms with Crippen LogP contribution in [0.2, 0.25) is 0 Å². The summed E-state index contributed by atoms with van der Waals surface area (Å²) in [6.45, 7) is 11.2. The molecule has 0 bridgehead atoms. The van der Waals surface area contributed by atoms with Crippen LogP contribution in [0.3, 0.4) is 0 Å². The zero-order chi connectivity index (χ0) is 14.0. The maximum absolute atomic E-state index is 6.41. The van der Waals surface area contributed by atoms with Crippen molar-refractivity contribution >= 4 is 0 Å². The molecule has 0 aromatic heterocycles. The van der Waals surface area contributed by atoms with E-state index in [-0.39, 0.29) is 6.04 Å². The second-order valence-electron chi connectivity index (χ2n) is 6.44. The highest BCUT2D eigenvalue weighted by Gasteiger charge is 2.24. The molecule has 1 aromatic rings. The Kier molecular flexibility index (Phi) is 4.64.